The third-order valence-electron chi connectivity index (χ3n) is 27.0. The molecule has 4 aliphatic carbocycles. The van der Waals surface area contributed by atoms with Crippen molar-refractivity contribution < 1.29 is 33.4 Å². The SMILES string of the molecule is Cc1cnc(C(=O)Nc2ccc(C(C)(C)N3CCCC3)cc2C2=CCC(C)(C)CC2)[nH]1.Cc1cnc(C(=O)Nc2ccc(C(C)(C)NCCN3CCOCC3)cc2C2=CCC(C)(C)CC2)[nH]1.Cc1cnc(C(=O)Nc2ccc(C(C)(C)OCCN(C)C)cc2C2=CCC(C)(C)CC2)[nH]1.Cc1cnc(C(=O)Nc2ccc(CCN3CCOCC3)cc2C2=CCC(C)(C)CC2)[nH]1.Cl. The molecular formula is C105H150ClN17O7. The largest absolute Gasteiger partial charge is 0.379 e. The highest BCUT2D eigenvalue weighted by Crippen LogP contribution is 2.47. The average molecular weight is 1800 g/mol. The summed E-state index contributed by atoms with van der Waals surface area (Å²) in [5.74, 6) is 0.508. The fourth-order valence-electron chi connectivity index (χ4n) is 17.7. The van der Waals surface area contributed by atoms with Gasteiger partial charge in [-0.2, -0.15) is 0 Å². The molecule has 8 aromatic rings. The van der Waals surface area contributed by atoms with Crippen molar-refractivity contribution in [3.05, 3.63) is 212 Å². The van der Waals surface area contributed by atoms with Crippen LogP contribution in [0.5, 0.6) is 0 Å². The number of allylic oxidation sites excluding steroid dienone is 8. The van der Waals surface area contributed by atoms with Gasteiger partial charge in [-0.05, 0) is 307 Å². The zero-order chi connectivity index (χ0) is 92.6. The number of amides is 4. The van der Waals surface area contributed by atoms with Crippen LogP contribution in [0.3, 0.4) is 0 Å². The number of imidazole rings is 4. The Morgan fingerprint density at radius 3 is 1.12 bits per heavy atom. The molecule has 130 heavy (non-hydrogen) atoms. The number of nitrogens with one attached hydrogen (secondary N) is 9. The average Bonchev–Trinajstić information content (AvgIpc) is 1.28. The van der Waals surface area contributed by atoms with E-state index in [0.29, 0.717) is 51.6 Å². The van der Waals surface area contributed by atoms with Crippen LogP contribution < -0.4 is 26.6 Å². The first-order chi connectivity index (χ1) is 61.1. The van der Waals surface area contributed by atoms with E-state index in [-0.39, 0.29) is 47.1 Å². The summed E-state index contributed by atoms with van der Waals surface area (Å²) < 4.78 is 17.2. The number of aryl methyl sites for hydroxylation is 4. The molecule has 4 aromatic carbocycles. The van der Waals surface area contributed by atoms with Gasteiger partial charge in [0.2, 0.25) is 0 Å². The number of rotatable bonds is 27. The Morgan fingerprint density at radius 2 is 0.777 bits per heavy atom. The Hall–Kier alpha value is -9.47. The molecule has 0 atom stereocenters. The van der Waals surface area contributed by atoms with Gasteiger partial charge in [0.05, 0.1) is 38.6 Å². The molecule has 9 N–H and O–H groups in total. The van der Waals surface area contributed by atoms with E-state index in [1.54, 1.807) is 24.8 Å². The summed E-state index contributed by atoms with van der Waals surface area (Å²) in [6.45, 7) is 53.5. The Morgan fingerprint density at radius 1 is 0.446 bits per heavy atom. The number of benzene rings is 4. The Labute approximate surface area is 780 Å². The third kappa shape index (κ3) is 28.3. The molecule has 0 spiro atoms. The lowest BCUT2D eigenvalue weighted by atomic mass is 9.76. The lowest BCUT2D eigenvalue weighted by Crippen LogP contribution is -2.44. The van der Waals surface area contributed by atoms with E-state index in [4.69, 9.17) is 14.2 Å². The molecule has 4 aromatic heterocycles. The summed E-state index contributed by atoms with van der Waals surface area (Å²) in [5, 5.41) is 16.1. The number of halogens is 1. The predicted octanol–water partition coefficient (Wildman–Crippen LogP) is 20.9. The number of carbonyl (C=O) groups is 4. The summed E-state index contributed by atoms with van der Waals surface area (Å²) in [4.78, 5) is 89.7. The van der Waals surface area contributed by atoms with Crippen molar-refractivity contribution >= 4 is 81.1 Å². The molecule has 3 saturated heterocycles. The molecule has 4 amide bonds. The van der Waals surface area contributed by atoms with Crippen LogP contribution in [0.1, 0.15) is 297 Å². The van der Waals surface area contributed by atoms with Crippen LogP contribution in [-0.2, 0) is 37.3 Å². The van der Waals surface area contributed by atoms with Gasteiger partial charge >= 0.3 is 0 Å². The number of ether oxygens (including phenoxy) is 3. The smallest absolute Gasteiger partial charge is 0.291 e. The molecule has 24 nitrogen and oxygen atoms in total. The number of H-pyrrole nitrogens is 4. The maximum atomic E-state index is 12.9. The molecule has 3 fully saturated rings. The van der Waals surface area contributed by atoms with E-state index in [0.717, 1.165) is 249 Å². The zero-order valence-corrected chi connectivity index (χ0v) is 82.4. The van der Waals surface area contributed by atoms with Gasteiger partial charge in [0.1, 0.15) is 0 Å². The van der Waals surface area contributed by atoms with E-state index in [2.05, 4.69) is 268 Å². The first-order valence-electron chi connectivity index (χ1n) is 47.2. The number of likely N-dealkylation sites (N-methyl/N-ethyl adjacent to an activating group) is 1. The maximum Gasteiger partial charge on any atom is 0.291 e. The Kier molecular flexibility index (Phi) is 34.5. The van der Waals surface area contributed by atoms with Gasteiger partial charge in [0.25, 0.3) is 23.6 Å². The first-order valence-corrected chi connectivity index (χ1v) is 47.2. The standard InChI is InChI=1S/C28H41N5O2.C26H38N4O2.C26H36N4O.C25H34N4O2.ClH/c1-20-19-29-25(31-20)26(34)32-24-7-6-22(18-23(24)21-8-10-27(2,3)11-9-21)28(4,5)30-12-13-33-14-16-35-17-15-33;1-18-17-27-23(28-18)24(31)29-22-9-8-20(26(4,5)32-15-14-30(6)7)16-21(22)19-10-12-25(2,3)13-11-19;1-18-17-27-23(28-18)24(31)29-22-9-8-20(26(4,5)30-14-6-7-15-30)16-21(22)19-10-12-25(2,3)13-11-19;1-18-17-26-23(27-18)24(30)28-22-5-4-19(8-11-29-12-14-31-15-13-29)16-21(22)20-6-9-25(2,3)10-7-20;/h6-8,18-19,30H,9-17H2,1-5H3,(H,29,31)(H,32,34);8-10,16-17H,11-15H2,1-7H3,(H,27,28)(H,29,31);8-10,16-17H,6-7,11-15H2,1-5H3,(H,27,28)(H,29,31);4-6,16-17H,7-15H2,1-3H3,(H,26,27)(H,28,30);1H. The molecule has 3 aliphatic heterocycles. The normalized spacial score (nSPS) is 18.2. The van der Waals surface area contributed by atoms with Crippen molar-refractivity contribution in [3.8, 4) is 0 Å². The number of aromatic amines is 4. The van der Waals surface area contributed by atoms with Gasteiger partial charge in [-0.3, -0.25) is 33.9 Å². The minimum absolute atomic E-state index is 0. The molecule has 0 bridgehead atoms. The number of nitrogens with zero attached hydrogens (tertiary/aromatic N) is 8. The van der Waals surface area contributed by atoms with Crippen LogP contribution >= 0.6 is 12.4 Å². The number of morpholine rings is 2. The van der Waals surface area contributed by atoms with Crippen LogP contribution in [0.4, 0.5) is 22.7 Å². The van der Waals surface area contributed by atoms with E-state index in [1.165, 1.54) is 51.8 Å². The molecule has 0 saturated carbocycles. The van der Waals surface area contributed by atoms with Crippen molar-refractivity contribution in [2.45, 2.75) is 238 Å². The van der Waals surface area contributed by atoms with Crippen LogP contribution in [0, 0.1) is 49.4 Å². The van der Waals surface area contributed by atoms with Crippen molar-refractivity contribution in [3.63, 3.8) is 0 Å². The first kappa shape index (κ1) is 101. The highest BCUT2D eigenvalue weighted by molar-refractivity contribution is 6.06. The molecule has 0 radical (unpaired) electrons. The van der Waals surface area contributed by atoms with Gasteiger partial charge in [-0.15, -0.1) is 12.4 Å². The highest BCUT2D eigenvalue weighted by atomic mass is 35.5. The van der Waals surface area contributed by atoms with E-state index < -0.39 is 5.60 Å². The summed E-state index contributed by atoms with van der Waals surface area (Å²) in [7, 11) is 4.09. The summed E-state index contributed by atoms with van der Waals surface area (Å²) >= 11 is 0. The van der Waals surface area contributed by atoms with Crippen molar-refractivity contribution in [1.82, 2.24) is 64.8 Å². The maximum absolute atomic E-state index is 12.9. The number of hydrogen-bond acceptors (Lipinski definition) is 16. The second kappa shape index (κ2) is 44.4. The van der Waals surface area contributed by atoms with Gasteiger partial charge in [0, 0.05) is 156 Å². The number of likely N-dealkylation sites (tertiary alicyclic amines) is 1. The highest BCUT2D eigenvalue weighted by Gasteiger charge is 2.35. The fraction of sp³-hybridized carbons (Fsp3) is 0.543. The number of aromatic nitrogens is 8. The van der Waals surface area contributed by atoms with Crippen LogP contribution in [-0.4, -0.2) is 196 Å². The Balaban J connectivity index is 0.000000167. The molecule has 7 heterocycles. The van der Waals surface area contributed by atoms with E-state index >= 15 is 0 Å². The lowest BCUT2D eigenvalue weighted by molar-refractivity contribution is -0.0268. The molecule has 15 rings (SSSR count). The molecular weight excluding hydrogens is 1650 g/mol. The minimum Gasteiger partial charge on any atom is -0.379 e. The van der Waals surface area contributed by atoms with Crippen LogP contribution in [0.2, 0.25) is 0 Å². The molecule has 7 aliphatic rings. The summed E-state index contributed by atoms with van der Waals surface area (Å²) in [5.41, 5.74) is 22.2. The third-order valence-corrected chi connectivity index (χ3v) is 27.0. The second-order valence-electron chi connectivity index (χ2n) is 41.7. The Bertz CT molecular complexity index is 5300. The van der Waals surface area contributed by atoms with Crippen molar-refractivity contribution in [2.75, 3.05) is 134 Å². The van der Waals surface area contributed by atoms with Gasteiger partial charge in [-0.25, -0.2) is 19.9 Å². The monoisotopic (exact) mass is 1800 g/mol. The topological polar surface area (TPSA) is 284 Å². The summed E-state index contributed by atoms with van der Waals surface area (Å²) in [6, 6.07) is 25.7. The summed E-state index contributed by atoms with van der Waals surface area (Å²) in [6.07, 6.45) is 32.5. The quantitative estimate of drug-likeness (QED) is 0.0231. The van der Waals surface area contributed by atoms with Gasteiger partial charge in [0.15, 0.2) is 23.3 Å². The predicted molar refractivity (Wildman–Crippen MR) is 531 cm³/mol. The lowest BCUT2D eigenvalue weighted by Gasteiger charge is -2.37. The van der Waals surface area contributed by atoms with E-state index in [1.807, 2.05) is 53.9 Å². The fourth-order valence-corrected chi connectivity index (χ4v) is 17.7. The molecule has 0 unspecified atom stereocenters. The second-order valence-corrected chi connectivity index (χ2v) is 41.7. The van der Waals surface area contributed by atoms with Gasteiger partial charge < -0.3 is 65.6 Å². The van der Waals surface area contributed by atoms with E-state index in [9.17, 15) is 19.2 Å². The molecule has 25 heteroatoms. The van der Waals surface area contributed by atoms with Crippen LogP contribution in [0.25, 0.3) is 22.3 Å². The zero-order valence-electron chi connectivity index (χ0n) is 81.6. The molecule has 704 valence electrons. The van der Waals surface area contributed by atoms with Crippen LogP contribution in [0.15, 0.2) is 122 Å². The number of carbonyl (C=O) groups excluding carboxylic acids is 4. The number of anilines is 4. The van der Waals surface area contributed by atoms with Crippen molar-refractivity contribution in [2.24, 2.45) is 21.7 Å². The van der Waals surface area contributed by atoms with Gasteiger partial charge in [-0.1, -0.05) is 104 Å². The minimum atomic E-state index is -0.431. The van der Waals surface area contributed by atoms with Crippen molar-refractivity contribution in [1.29, 1.82) is 0 Å². The number of hydrogen-bond donors (Lipinski definition) is 9.